The highest BCUT2D eigenvalue weighted by atomic mass is 35.5. The summed E-state index contributed by atoms with van der Waals surface area (Å²) in [4.78, 5) is 22.5. The van der Waals surface area contributed by atoms with Crippen molar-refractivity contribution in [2.45, 2.75) is 20.0 Å². The zero-order chi connectivity index (χ0) is 19.4. The first-order chi connectivity index (χ1) is 12.9. The summed E-state index contributed by atoms with van der Waals surface area (Å²) in [6.45, 7) is 2.47. The Morgan fingerprint density at radius 1 is 1.37 bits per heavy atom. The number of halogens is 1. The van der Waals surface area contributed by atoms with Gasteiger partial charge in [-0.15, -0.1) is 0 Å². The van der Waals surface area contributed by atoms with E-state index < -0.39 is 10.8 Å². The molecule has 10 heteroatoms. The molecule has 27 heavy (non-hydrogen) atoms. The topological polar surface area (TPSA) is 108 Å². The third kappa shape index (κ3) is 4.91. The number of hydrogen-bond donors (Lipinski definition) is 1. The first-order valence-corrected chi connectivity index (χ1v) is 8.54. The highest BCUT2D eigenvalue weighted by Gasteiger charge is 2.17. The third-order valence-electron chi connectivity index (χ3n) is 3.86. The van der Waals surface area contributed by atoms with Gasteiger partial charge in [-0.2, -0.15) is 10.2 Å². The van der Waals surface area contributed by atoms with Crippen molar-refractivity contribution >= 4 is 29.0 Å². The van der Waals surface area contributed by atoms with E-state index in [1.165, 1.54) is 10.9 Å². The zero-order valence-corrected chi connectivity index (χ0v) is 15.2. The molecule has 140 valence electrons. The second-order valence-corrected chi connectivity index (χ2v) is 6.53. The third-order valence-corrected chi connectivity index (χ3v) is 4.10. The smallest absolute Gasteiger partial charge is 0.306 e. The van der Waals surface area contributed by atoms with Crippen molar-refractivity contribution in [3.05, 3.63) is 69.6 Å². The Morgan fingerprint density at radius 2 is 2.19 bits per heavy atom. The minimum Gasteiger partial charge on any atom is -0.309 e. The van der Waals surface area contributed by atoms with Crippen molar-refractivity contribution in [3.63, 3.8) is 0 Å². The van der Waals surface area contributed by atoms with Crippen LogP contribution in [0.1, 0.15) is 12.5 Å². The first-order valence-electron chi connectivity index (χ1n) is 8.16. The molecule has 0 spiro atoms. The molecule has 1 amide bonds. The molecule has 1 unspecified atom stereocenters. The van der Waals surface area contributed by atoms with E-state index in [1.807, 2.05) is 18.2 Å². The van der Waals surface area contributed by atoms with Gasteiger partial charge in [0.15, 0.2) is 5.82 Å². The van der Waals surface area contributed by atoms with Crippen molar-refractivity contribution < 1.29 is 9.72 Å². The number of nitrogens with zero attached hydrogens (tertiary/aromatic N) is 5. The Labute approximate surface area is 159 Å². The van der Waals surface area contributed by atoms with Gasteiger partial charge in [-0.25, -0.2) is 0 Å². The van der Waals surface area contributed by atoms with Crippen molar-refractivity contribution in [3.8, 4) is 0 Å². The molecule has 0 aliphatic rings. The predicted molar refractivity (Wildman–Crippen MR) is 99.5 cm³/mol. The standard InChI is InChI=1S/C17H17ClN6O3/c1-12(9-23-11-15(8-19-23)24(26)27)17(25)20-16-5-6-22(21-16)10-13-3-2-4-14(18)7-13/h2-8,11-12H,9-10H2,1H3,(H,20,21,25). The van der Waals surface area contributed by atoms with Gasteiger partial charge in [0.05, 0.1) is 23.9 Å². The van der Waals surface area contributed by atoms with E-state index >= 15 is 0 Å². The van der Waals surface area contributed by atoms with E-state index in [2.05, 4.69) is 15.5 Å². The fourth-order valence-electron chi connectivity index (χ4n) is 2.50. The van der Waals surface area contributed by atoms with Crippen LogP contribution in [0.4, 0.5) is 11.5 Å². The summed E-state index contributed by atoms with van der Waals surface area (Å²) in [6.07, 6.45) is 4.21. The lowest BCUT2D eigenvalue weighted by atomic mass is 10.1. The van der Waals surface area contributed by atoms with Crippen LogP contribution in [0.3, 0.4) is 0 Å². The minimum absolute atomic E-state index is 0.109. The molecule has 0 fully saturated rings. The maximum atomic E-state index is 12.3. The maximum absolute atomic E-state index is 12.3. The molecule has 0 radical (unpaired) electrons. The minimum atomic E-state index is -0.527. The van der Waals surface area contributed by atoms with Crippen LogP contribution >= 0.6 is 11.6 Å². The van der Waals surface area contributed by atoms with Crippen molar-refractivity contribution in [1.29, 1.82) is 0 Å². The average Bonchev–Trinajstić information content (AvgIpc) is 3.24. The second-order valence-electron chi connectivity index (χ2n) is 6.10. The normalized spacial score (nSPS) is 11.9. The number of rotatable bonds is 7. The summed E-state index contributed by atoms with van der Waals surface area (Å²) in [5, 5.41) is 22.3. The summed E-state index contributed by atoms with van der Waals surface area (Å²) in [6, 6.07) is 9.17. The molecule has 1 aromatic carbocycles. The van der Waals surface area contributed by atoms with Gasteiger partial charge in [0.1, 0.15) is 12.4 Å². The van der Waals surface area contributed by atoms with Crippen LogP contribution < -0.4 is 5.32 Å². The number of benzene rings is 1. The van der Waals surface area contributed by atoms with E-state index in [0.29, 0.717) is 17.4 Å². The van der Waals surface area contributed by atoms with Gasteiger partial charge in [-0.05, 0) is 17.7 Å². The predicted octanol–water partition coefficient (Wildman–Crippen LogP) is 2.96. The lowest BCUT2D eigenvalue weighted by Crippen LogP contribution is -2.25. The Hall–Kier alpha value is -3.20. The van der Waals surface area contributed by atoms with E-state index in [-0.39, 0.29) is 18.1 Å². The summed E-state index contributed by atoms with van der Waals surface area (Å²) < 4.78 is 3.07. The lowest BCUT2D eigenvalue weighted by Gasteiger charge is -2.10. The molecule has 2 heterocycles. The van der Waals surface area contributed by atoms with E-state index in [0.717, 1.165) is 11.8 Å². The summed E-state index contributed by atoms with van der Waals surface area (Å²) in [5.74, 6) is -0.260. The van der Waals surface area contributed by atoms with Crippen molar-refractivity contribution in [2.75, 3.05) is 5.32 Å². The molecule has 1 atom stereocenters. The Balaban J connectivity index is 1.57. The molecule has 9 nitrogen and oxygen atoms in total. The Morgan fingerprint density at radius 3 is 2.89 bits per heavy atom. The van der Waals surface area contributed by atoms with Crippen molar-refractivity contribution in [1.82, 2.24) is 19.6 Å². The summed E-state index contributed by atoms with van der Waals surface area (Å²) >= 11 is 5.97. The quantitative estimate of drug-likeness (QED) is 0.494. The number of anilines is 1. The van der Waals surface area contributed by atoms with E-state index in [1.54, 1.807) is 29.9 Å². The number of nitro groups is 1. The molecule has 0 saturated carbocycles. The number of nitrogens with one attached hydrogen (secondary N) is 1. The number of carbonyl (C=O) groups excluding carboxylic acids is 1. The van der Waals surface area contributed by atoms with Crippen LogP contribution in [-0.4, -0.2) is 30.4 Å². The molecule has 1 N–H and O–H groups in total. The molecule has 0 saturated heterocycles. The van der Waals surface area contributed by atoms with Gasteiger partial charge >= 0.3 is 5.69 Å². The highest BCUT2D eigenvalue weighted by Crippen LogP contribution is 2.14. The Kier molecular flexibility index (Phi) is 5.51. The fraction of sp³-hybridized carbons (Fsp3) is 0.235. The molecule has 0 aliphatic heterocycles. The molecule has 0 aliphatic carbocycles. The SMILES string of the molecule is CC(Cn1cc([N+](=O)[O-])cn1)C(=O)Nc1ccn(Cc2cccc(Cl)c2)n1. The van der Waals surface area contributed by atoms with Gasteiger partial charge in [-0.3, -0.25) is 24.3 Å². The molecular weight excluding hydrogens is 372 g/mol. The van der Waals surface area contributed by atoms with Gasteiger partial charge in [0.25, 0.3) is 0 Å². The molecule has 2 aromatic heterocycles. The lowest BCUT2D eigenvalue weighted by molar-refractivity contribution is -0.385. The monoisotopic (exact) mass is 388 g/mol. The van der Waals surface area contributed by atoms with Crippen LogP contribution in [0.2, 0.25) is 5.02 Å². The number of aromatic nitrogens is 4. The highest BCUT2D eigenvalue weighted by molar-refractivity contribution is 6.30. The van der Waals surface area contributed by atoms with Gasteiger partial charge in [0, 0.05) is 17.3 Å². The van der Waals surface area contributed by atoms with Gasteiger partial charge in [-0.1, -0.05) is 30.7 Å². The molecule has 3 rings (SSSR count). The molecule has 3 aromatic rings. The van der Waals surface area contributed by atoms with Crippen LogP contribution in [0.15, 0.2) is 48.9 Å². The average molecular weight is 389 g/mol. The van der Waals surface area contributed by atoms with Crippen LogP contribution in [0, 0.1) is 16.0 Å². The molecule has 0 bridgehead atoms. The maximum Gasteiger partial charge on any atom is 0.306 e. The van der Waals surface area contributed by atoms with Crippen LogP contribution in [0.5, 0.6) is 0 Å². The van der Waals surface area contributed by atoms with Crippen molar-refractivity contribution in [2.24, 2.45) is 5.92 Å². The number of amides is 1. The van der Waals surface area contributed by atoms with Gasteiger partial charge in [0.2, 0.25) is 5.91 Å². The fourth-order valence-corrected chi connectivity index (χ4v) is 2.71. The van der Waals surface area contributed by atoms with Gasteiger partial charge < -0.3 is 5.32 Å². The Bertz CT molecular complexity index is 967. The van der Waals surface area contributed by atoms with Crippen LogP contribution in [0.25, 0.3) is 0 Å². The number of hydrogen-bond acceptors (Lipinski definition) is 5. The second kappa shape index (κ2) is 8.00. The van der Waals surface area contributed by atoms with E-state index in [4.69, 9.17) is 11.6 Å². The van der Waals surface area contributed by atoms with Crippen LogP contribution in [-0.2, 0) is 17.9 Å². The number of carbonyl (C=O) groups is 1. The zero-order valence-electron chi connectivity index (χ0n) is 14.4. The van der Waals surface area contributed by atoms with E-state index in [9.17, 15) is 14.9 Å². The first kappa shape index (κ1) is 18.6. The summed E-state index contributed by atoms with van der Waals surface area (Å²) in [7, 11) is 0. The largest absolute Gasteiger partial charge is 0.309 e. The molecular formula is C17H17ClN6O3. The summed E-state index contributed by atoms with van der Waals surface area (Å²) in [5.41, 5.74) is 0.888.